The van der Waals surface area contributed by atoms with Gasteiger partial charge in [0.05, 0.1) is 5.69 Å². The average molecular weight is 312 g/mol. The van der Waals surface area contributed by atoms with E-state index in [1.54, 1.807) is 4.68 Å². The van der Waals surface area contributed by atoms with Gasteiger partial charge in [-0.2, -0.15) is 5.10 Å². The first-order valence-electron chi connectivity index (χ1n) is 6.15. The highest BCUT2D eigenvalue weighted by atomic mass is 35.5. The lowest BCUT2D eigenvalue weighted by Crippen LogP contribution is -2.30. The number of halogens is 3. The van der Waals surface area contributed by atoms with Crippen molar-refractivity contribution in [3.05, 3.63) is 16.4 Å². The summed E-state index contributed by atoms with van der Waals surface area (Å²) in [6, 6.07) is 0. The minimum absolute atomic E-state index is 0.102. The fourth-order valence-electron chi connectivity index (χ4n) is 2.43. The molecule has 2 nitrogen and oxygen atoms in total. The average Bonchev–Trinajstić information content (AvgIpc) is 2.54. The lowest BCUT2D eigenvalue weighted by atomic mass is 9.78. The van der Waals surface area contributed by atoms with Gasteiger partial charge in [0.25, 0.3) is 0 Å². The minimum Gasteiger partial charge on any atom is -0.257 e. The van der Waals surface area contributed by atoms with Gasteiger partial charge in [-0.25, -0.2) is 0 Å². The Morgan fingerprint density at radius 1 is 1.28 bits per heavy atom. The lowest BCUT2D eigenvalue weighted by Gasteiger charge is -2.31. The summed E-state index contributed by atoms with van der Waals surface area (Å²) in [5.41, 5.74) is 1.93. The Balaban J connectivity index is 3.03. The highest BCUT2D eigenvalue weighted by molar-refractivity contribution is 6.30. The van der Waals surface area contributed by atoms with Crippen LogP contribution in [0.5, 0.6) is 0 Å². The van der Waals surface area contributed by atoms with Crippen LogP contribution in [0.25, 0.3) is 0 Å². The molecule has 0 saturated heterocycles. The van der Waals surface area contributed by atoms with Crippen LogP contribution in [-0.4, -0.2) is 21.5 Å². The summed E-state index contributed by atoms with van der Waals surface area (Å²) in [5.74, 6) is 1.64. The van der Waals surface area contributed by atoms with Crippen LogP contribution in [0.1, 0.15) is 31.5 Å². The summed E-state index contributed by atoms with van der Waals surface area (Å²) in [6.07, 6.45) is 1.78. The van der Waals surface area contributed by atoms with E-state index in [0.717, 1.165) is 24.1 Å². The van der Waals surface area contributed by atoms with Crippen molar-refractivity contribution in [2.75, 3.05) is 11.8 Å². The maximum atomic E-state index is 6.28. The molecule has 0 N–H and O–H groups in total. The van der Waals surface area contributed by atoms with E-state index in [9.17, 15) is 0 Å². The third kappa shape index (κ3) is 3.55. The molecule has 0 aliphatic rings. The molecule has 0 radical (unpaired) electrons. The summed E-state index contributed by atoms with van der Waals surface area (Å²) in [6.45, 7) is 6.35. The van der Waals surface area contributed by atoms with E-state index in [0.29, 0.717) is 22.8 Å². The molecule has 0 fully saturated rings. The first-order chi connectivity index (χ1) is 8.35. The Hall–Kier alpha value is 0.0800. The molecule has 0 saturated carbocycles. The van der Waals surface area contributed by atoms with Crippen LogP contribution in [0.3, 0.4) is 0 Å². The minimum atomic E-state index is -0.102. The van der Waals surface area contributed by atoms with Crippen LogP contribution in [0.15, 0.2) is 0 Å². The van der Waals surface area contributed by atoms with Gasteiger partial charge in [0.15, 0.2) is 0 Å². The van der Waals surface area contributed by atoms with Gasteiger partial charge in [0.1, 0.15) is 5.15 Å². The molecule has 1 aromatic heterocycles. The molecule has 104 valence electrons. The van der Waals surface area contributed by atoms with Crippen molar-refractivity contribution in [3.63, 3.8) is 0 Å². The lowest BCUT2D eigenvalue weighted by molar-refractivity contribution is 0.295. The zero-order valence-electron chi connectivity index (χ0n) is 11.4. The van der Waals surface area contributed by atoms with Gasteiger partial charge in [-0.05, 0) is 25.7 Å². The zero-order valence-corrected chi connectivity index (χ0v) is 13.7. The second-order valence-electron chi connectivity index (χ2n) is 5.52. The van der Waals surface area contributed by atoms with Gasteiger partial charge in [0, 0.05) is 29.8 Å². The Kier molecular flexibility index (Phi) is 5.82. The largest absolute Gasteiger partial charge is 0.257 e. The molecule has 1 aromatic rings. The number of aryl methyl sites for hydroxylation is 2. The van der Waals surface area contributed by atoms with Crippen molar-refractivity contribution < 1.29 is 0 Å². The van der Waals surface area contributed by atoms with Gasteiger partial charge in [-0.1, -0.05) is 25.4 Å². The molecule has 0 bridgehead atoms. The molecule has 0 aromatic carbocycles. The van der Waals surface area contributed by atoms with Gasteiger partial charge < -0.3 is 0 Å². The number of hydrogen-bond donors (Lipinski definition) is 0. The molecule has 5 heteroatoms. The van der Waals surface area contributed by atoms with Crippen molar-refractivity contribution in [3.8, 4) is 0 Å². The Morgan fingerprint density at radius 3 is 2.17 bits per heavy atom. The van der Waals surface area contributed by atoms with Crippen molar-refractivity contribution in [2.45, 2.75) is 33.6 Å². The molecule has 0 aliphatic heterocycles. The van der Waals surface area contributed by atoms with Crippen molar-refractivity contribution in [2.24, 2.45) is 18.4 Å². The normalized spacial score (nSPS) is 12.4. The predicted octanol–water partition coefficient (Wildman–Crippen LogP) is 4.43. The van der Waals surface area contributed by atoms with E-state index in [1.165, 1.54) is 0 Å². The topological polar surface area (TPSA) is 17.8 Å². The summed E-state index contributed by atoms with van der Waals surface area (Å²) in [4.78, 5) is 0. The van der Waals surface area contributed by atoms with Gasteiger partial charge >= 0.3 is 0 Å². The van der Waals surface area contributed by atoms with E-state index >= 15 is 0 Å². The molecule has 0 spiro atoms. The second-order valence-corrected chi connectivity index (χ2v) is 6.41. The SMILES string of the molecule is Cc1nn(C)c(Cl)c1CC(CCl)(CCl)CC(C)C. The van der Waals surface area contributed by atoms with Crippen molar-refractivity contribution >= 4 is 34.8 Å². The Morgan fingerprint density at radius 2 is 1.83 bits per heavy atom. The zero-order chi connectivity index (χ0) is 13.9. The number of rotatable bonds is 6. The van der Waals surface area contributed by atoms with Crippen molar-refractivity contribution in [1.82, 2.24) is 9.78 Å². The molecule has 0 unspecified atom stereocenters. The number of nitrogens with zero attached hydrogens (tertiary/aromatic N) is 2. The number of hydrogen-bond acceptors (Lipinski definition) is 1. The highest BCUT2D eigenvalue weighted by Gasteiger charge is 2.32. The Bertz CT molecular complexity index is 395. The maximum Gasteiger partial charge on any atom is 0.130 e. The molecular formula is C13H21Cl3N2. The van der Waals surface area contributed by atoms with Crippen LogP contribution in [0.2, 0.25) is 5.15 Å². The molecule has 18 heavy (non-hydrogen) atoms. The molecule has 0 atom stereocenters. The quantitative estimate of drug-likeness (QED) is 0.710. The van der Waals surface area contributed by atoms with Crippen LogP contribution in [0, 0.1) is 18.3 Å². The van der Waals surface area contributed by atoms with Crippen LogP contribution in [0.4, 0.5) is 0 Å². The summed E-state index contributed by atoms with van der Waals surface area (Å²) >= 11 is 18.6. The molecule has 0 amide bonds. The van der Waals surface area contributed by atoms with Crippen molar-refractivity contribution in [1.29, 1.82) is 0 Å². The van der Waals surface area contributed by atoms with E-state index < -0.39 is 0 Å². The molecule has 0 aliphatic carbocycles. The fraction of sp³-hybridized carbons (Fsp3) is 0.769. The molecule has 1 rings (SSSR count). The number of alkyl halides is 2. The van der Waals surface area contributed by atoms with Gasteiger partial charge in [0.2, 0.25) is 0 Å². The maximum absolute atomic E-state index is 6.28. The predicted molar refractivity (Wildman–Crippen MR) is 80.0 cm³/mol. The van der Waals surface area contributed by atoms with Crippen LogP contribution < -0.4 is 0 Å². The Labute approximate surface area is 125 Å². The van der Waals surface area contributed by atoms with E-state index in [-0.39, 0.29) is 5.41 Å². The van der Waals surface area contributed by atoms with E-state index in [1.807, 2.05) is 14.0 Å². The third-order valence-corrected chi connectivity index (χ3v) is 4.84. The first kappa shape index (κ1) is 16.1. The summed E-state index contributed by atoms with van der Waals surface area (Å²) in [7, 11) is 1.85. The van der Waals surface area contributed by atoms with Crippen LogP contribution >= 0.6 is 34.8 Å². The van der Waals surface area contributed by atoms with E-state index in [2.05, 4.69) is 18.9 Å². The summed E-state index contributed by atoms with van der Waals surface area (Å²) in [5, 5.41) is 5.03. The smallest absolute Gasteiger partial charge is 0.130 e. The summed E-state index contributed by atoms with van der Waals surface area (Å²) < 4.78 is 1.70. The van der Waals surface area contributed by atoms with Gasteiger partial charge in [-0.3, -0.25) is 4.68 Å². The standard InChI is InChI=1S/C13H21Cl3N2/c1-9(2)5-13(7-14,8-15)6-11-10(3)17-18(4)12(11)16/h9H,5-8H2,1-4H3. The van der Waals surface area contributed by atoms with E-state index in [4.69, 9.17) is 34.8 Å². The fourth-order valence-corrected chi connectivity index (χ4v) is 3.36. The second kappa shape index (κ2) is 6.49. The molecular weight excluding hydrogens is 291 g/mol. The van der Waals surface area contributed by atoms with Gasteiger partial charge in [-0.15, -0.1) is 23.2 Å². The number of aromatic nitrogens is 2. The monoisotopic (exact) mass is 310 g/mol. The third-order valence-electron chi connectivity index (χ3n) is 3.23. The van der Waals surface area contributed by atoms with Crippen LogP contribution in [-0.2, 0) is 13.5 Å². The highest BCUT2D eigenvalue weighted by Crippen LogP contribution is 2.36. The first-order valence-corrected chi connectivity index (χ1v) is 7.60. The molecule has 1 heterocycles.